The number of carbonyl (C=O) groups excluding carboxylic acids is 1. The summed E-state index contributed by atoms with van der Waals surface area (Å²) in [4.78, 5) is 19.0. The molecule has 0 spiro atoms. The number of aromatic nitrogens is 1. The van der Waals surface area contributed by atoms with Crippen molar-refractivity contribution in [2.24, 2.45) is 0 Å². The van der Waals surface area contributed by atoms with E-state index < -0.39 is 6.10 Å². The molecule has 3 aromatic rings. The minimum Gasteiger partial charge on any atom is -0.497 e. The van der Waals surface area contributed by atoms with Gasteiger partial charge in [0.05, 0.1) is 7.11 Å². The number of ether oxygens (including phenoxy) is 2. The van der Waals surface area contributed by atoms with Crippen LogP contribution in [0.15, 0.2) is 64.6 Å². The quantitative estimate of drug-likeness (QED) is 0.532. The molecular formula is C20H17BrN2O3S. The van der Waals surface area contributed by atoms with Crippen LogP contribution in [0.3, 0.4) is 0 Å². The zero-order valence-corrected chi connectivity index (χ0v) is 16.9. The van der Waals surface area contributed by atoms with E-state index in [1.165, 1.54) is 11.3 Å². The zero-order chi connectivity index (χ0) is 18.8. The summed E-state index contributed by atoms with van der Waals surface area (Å²) in [5.74, 6) is 0.783. The lowest BCUT2D eigenvalue weighted by molar-refractivity contribution is 0.129. The number of rotatable bonds is 5. The van der Waals surface area contributed by atoms with E-state index in [4.69, 9.17) is 9.47 Å². The van der Waals surface area contributed by atoms with Crippen molar-refractivity contribution < 1.29 is 14.3 Å². The summed E-state index contributed by atoms with van der Waals surface area (Å²) in [6.45, 7) is 0.439. The Balaban J connectivity index is 1.68. The van der Waals surface area contributed by atoms with Crippen molar-refractivity contribution in [1.82, 2.24) is 9.88 Å². The molecule has 7 heteroatoms. The Labute approximate surface area is 169 Å². The van der Waals surface area contributed by atoms with Crippen molar-refractivity contribution in [2.45, 2.75) is 18.7 Å². The lowest BCUT2D eigenvalue weighted by Crippen LogP contribution is -2.27. The summed E-state index contributed by atoms with van der Waals surface area (Å²) in [5.41, 5.74) is 1.96. The number of amides is 1. The molecule has 1 saturated heterocycles. The number of carbonyl (C=O) groups is 1. The maximum Gasteiger partial charge on any atom is 0.411 e. The molecule has 1 fully saturated rings. The van der Waals surface area contributed by atoms with Gasteiger partial charge in [-0.15, -0.1) is 11.3 Å². The van der Waals surface area contributed by atoms with E-state index in [1.807, 2.05) is 60.0 Å². The summed E-state index contributed by atoms with van der Waals surface area (Å²) < 4.78 is 11.7. The third-order valence-electron chi connectivity index (χ3n) is 4.47. The number of methoxy groups -OCH3 is 1. The van der Waals surface area contributed by atoms with Gasteiger partial charge in [-0.1, -0.05) is 42.5 Å². The van der Waals surface area contributed by atoms with Gasteiger partial charge in [0.1, 0.15) is 21.4 Å². The number of thiazole rings is 1. The van der Waals surface area contributed by atoms with E-state index in [2.05, 4.69) is 20.9 Å². The zero-order valence-electron chi connectivity index (χ0n) is 14.5. The van der Waals surface area contributed by atoms with Gasteiger partial charge in [0, 0.05) is 11.9 Å². The van der Waals surface area contributed by atoms with E-state index >= 15 is 0 Å². The van der Waals surface area contributed by atoms with Crippen LogP contribution in [-0.2, 0) is 11.3 Å². The Kier molecular flexibility index (Phi) is 5.13. The lowest BCUT2D eigenvalue weighted by atomic mass is 10.0. The van der Waals surface area contributed by atoms with Gasteiger partial charge in [0.15, 0.2) is 6.10 Å². The molecule has 2 atom stereocenters. The monoisotopic (exact) mass is 444 g/mol. The Bertz CT molecular complexity index is 930. The molecular weight excluding hydrogens is 428 g/mol. The van der Waals surface area contributed by atoms with E-state index in [9.17, 15) is 4.79 Å². The smallest absolute Gasteiger partial charge is 0.411 e. The predicted molar refractivity (Wildman–Crippen MR) is 107 cm³/mol. The van der Waals surface area contributed by atoms with Crippen LogP contribution in [-0.4, -0.2) is 23.1 Å². The Morgan fingerprint density at radius 2 is 1.93 bits per heavy atom. The largest absolute Gasteiger partial charge is 0.497 e. The van der Waals surface area contributed by atoms with Crippen LogP contribution < -0.4 is 4.74 Å². The molecule has 27 heavy (non-hydrogen) atoms. The molecule has 4 rings (SSSR count). The molecule has 0 aliphatic carbocycles. The first-order valence-corrected chi connectivity index (χ1v) is 10.1. The topological polar surface area (TPSA) is 51.7 Å². The number of hydrogen-bond acceptors (Lipinski definition) is 5. The van der Waals surface area contributed by atoms with Crippen molar-refractivity contribution >= 4 is 33.4 Å². The van der Waals surface area contributed by atoms with Crippen LogP contribution in [0.2, 0.25) is 0 Å². The van der Waals surface area contributed by atoms with Gasteiger partial charge in [0.25, 0.3) is 0 Å². The number of halogens is 1. The fourth-order valence-electron chi connectivity index (χ4n) is 3.17. The Morgan fingerprint density at radius 1 is 1.19 bits per heavy atom. The highest BCUT2D eigenvalue weighted by atomic mass is 79.9. The molecule has 1 amide bonds. The average Bonchev–Trinajstić information content (AvgIpc) is 3.26. The number of nitrogens with zero attached hydrogens (tertiary/aromatic N) is 2. The van der Waals surface area contributed by atoms with Crippen molar-refractivity contribution in [1.29, 1.82) is 0 Å². The first-order valence-electron chi connectivity index (χ1n) is 8.42. The average molecular weight is 445 g/mol. The molecule has 0 N–H and O–H groups in total. The van der Waals surface area contributed by atoms with Crippen molar-refractivity contribution in [3.8, 4) is 5.75 Å². The molecule has 2 heterocycles. The van der Waals surface area contributed by atoms with Gasteiger partial charge in [0.2, 0.25) is 0 Å². The molecule has 0 unspecified atom stereocenters. The highest BCUT2D eigenvalue weighted by Crippen LogP contribution is 2.45. The molecule has 2 aromatic carbocycles. The second-order valence-electron chi connectivity index (χ2n) is 6.14. The lowest BCUT2D eigenvalue weighted by Gasteiger charge is -2.23. The summed E-state index contributed by atoms with van der Waals surface area (Å²) in [6.07, 6.45) is -0.731. The molecule has 0 bridgehead atoms. The third kappa shape index (κ3) is 3.70. The first kappa shape index (κ1) is 18.0. The SMILES string of the molecule is COc1ccc(CN2C(=O)O[C@H](c3ccccc3)[C@H]2c2nc(Br)cs2)cc1. The second kappa shape index (κ2) is 7.70. The minimum absolute atomic E-state index is 0.279. The van der Waals surface area contributed by atoms with Gasteiger partial charge >= 0.3 is 6.09 Å². The standard InChI is InChI=1S/C20H17BrN2O3S/c1-25-15-9-7-13(8-10-15)11-23-17(19-22-16(21)12-27-19)18(26-20(23)24)14-5-3-2-4-6-14/h2-10,12,17-18H,11H2,1H3/t17-,18+/m0/s1. The maximum absolute atomic E-state index is 12.7. The minimum atomic E-state index is -0.394. The van der Waals surface area contributed by atoms with E-state index in [0.29, 0.717) is 6.54 Å². The summed E-state index contributed by atoms with van der Waals surface area (Å²) in [7, 11) is 1.63. The number of hydrogen-bond donors (Lipinski definition) is 0. The Morgan fingerprint density at radius 3 is 2.56 bits per heavy atom. The van der Waals surface area contributed by atoms with Crippen LogP contribution in [0.5, 0.6) is 5.75 Å². The molecule has 0 radical (unpaired) electrons. The van der Waals surface area contributed by atoms with Gasteiger partial charge in [-0.25, -0.2) is 9.78 Å². The molecule has 1 aliphatic rings. The molecule has 1 aliphatic heterocycles. The van der Waals surface area contributed by atoms with Gasteiger partial charge in [-0.3, -0.25) is 4.90 Å². The Hall–Kier alpha value is -2.38. The van der Waals surface area contributed by atoms with E-state index in [-0.39, 0.29) is 12.1 Å². The summed E-state index contributed by atoms with van der Waals surface area (Å²) in [5, 5.41) is 2.77. The third-order valence-corrected chi connectivity index (χ3v) is 6.10. The van der Waals surface area contributed by atoms with Gasteiger partial charge in [-0.05, 0) is 39.2 Å². The maximum atomic E-state index is 12.7. The fraction of sp³-hybridized carbons (Fsp3) is 0.200. The first-order chi connectivity index (χ1) is 13.2. The number of benzene rings is 2. The summed E-state index contributed by atoms with van der Waals surface area (Å²) in [6, 6.07) is 17.2. The van der Waals surface area contributed by atoms with E-state index in [1.54, 1.807) is 12.0 Å². The van der Waals surface area contributed by atoms with Crippen LogP contribution in [0.25, 0.3) is 0 Å². The highest BCUT2D eigenvalue weighted by Gasteiger charge is 2.45. The van der Waals surface area contributed by atoms with E-state index in [0.717, 1.165) is 26.5 Å². The van der Waals surface area contributed by atoms with Gasteiger partial charge in [-0.2, -0.15) is 0 Å². The van der Waals surface area contributed by atoms with Crippen LogP contribution >= 0.6 is 27.3 Å². The molecule has 1 aromatic heterocycles. The molecule has 0 saturated carbocycles. The van der Waals surface area contributed by atoms with Crippen LogP contribution in [0.4, 0.5) is 4.79 Å². The predicted octanol–water partition coefficient (Wildman–Crippen LogP) is 5.35. The number of cyclic esters (lactones) is 1. The molecule has 5 nitrogen and oxygen atoms in total. The fourth-order valence-corrected chi connectivity index (χ4v) is 4.57. The van der Waals surface area contributed by atoms with Crippen LogP contribution in [0, 0.1) is 0 Å². The van der Waals surface area contributed by atoms with Crippen molar-refractivity contribution in [2.75, 3.05) is 7.11 Å². The van der Waals surface area contributed by atoms with Crippen molar-refractivity contribution in [3.63, 3.8) is 0 Å². The highest BCUT2D eigenvalue weighted by molar-refractivity contribution is 9.10. The summed E-state index contributed by atoms with van der Waals surface area (Å²) >= 11 is 4.93. The molecule has 138 valence electrons. The second-order valence-corrected chi connectivity index (χ2v) is 7.85. The normalized spacial score (nSPS) is 19.2. The van der Waals surface area contributed by atoms with Crippen molar-refractivity contribution in [3.05, 3.63) is 80.7 Å². The van der Waals surface area contributed by atoms with Crippen LogP contribution in [0.1, 0.15) is 28.3 Å². The van der Waals surface area contributed by atoms with Gasteiger partial charge < -0.3 is 9.47 Å².